The minimum Gasteiger partial charge on any atom is -0.756 e. The maximum absolute atomic E-state index is 12.9. The number of aliphatic hydroxyl groups is 1. The largest absolute Gasteiger partial charge is 0.756 e. The number of quaternary nitrogens is 1. The Morgan fingerprint density at radius 2 is 0.949 bits per heavy atom. The molecular weight excluding hydrogens is 756 g/mol. The molecule has 350 valence electrons. The summed E-state index contributed by atoms with van der Waals surface area (Å²) < 4.78 is 23.2. The van der Waals surface area contributed by atoms with E-state index in [0.717, 1.165) is 38.5 Å². The van der Waals surface area contributed by atoms with E-state index in [1.54, 1.807) is 6.08 Å². The van der Waals surface area contributed by atoms with E-state index in [4.69, 9.17) is 9.05 Å². The van der Waals surface area contributed by atoms with Crippen LogP contribution in [0.1, 0.15) is 239 Å². The highest BCUT2D eigenvalue weighted by Gasteiger charge is 2.23. The summed E-state index contributed by atoms with van der Waals surface area (Å²) in [6.07, 6.45) is 50.9. The quantitative estimate of drug-likeness (QED) is 0.0273. The van der Waals surface area contributed by atoms with Crippen LogP contribution >= 0.6 is 7.82 Å². The van der Waals surface area contributed by atoms with Gasteiger partial charge in [-0.25, -0.2) is 0 Å². The van der Waals surface area contributed by atoms with Gasteiger partial charge in [0.15, 0.2) is 0 Å². The van der Waals surface area contributed by atoms with Gasteiger partial charge in [0, 0.05) is 6.42 Å². The first-order chi connectivity index (χ1) is 28.5. The van der Waals surface area contributed by atoms with Gasteiger partial charge in [-0.2, -0.15) is 0 Å². The van der Waals surface area contributed by atoms with Crippen molar-refractivity contribution in [3.8, 4) is 0 Å². The monoisotopic (exact) mass is 855 g/mol. The van der Waals surface area contributed by atoms with Gasteiger partial charge in [-0.3, -0.25) is 9.36 Å². The Bertz CT molecular complexity index is 1020. The summed E-state index contributed by atoms with van der Waals surface area (Å²) in [6.45, 7) is 4.65. The number of rotatable bonds is 46. The van der Waals surface area contributed by atoms with Gasteiger partial charge in [0.05, 0.1) is 39.9 Å². The van der Waals surface area contributed by atoms with Gasteiger partial charge in [-0.15, -0.1) is 0 Å². The molecule has 0 spiro atoms. The van der Waals surface area contributed by atoms with E-state index in [1.807, 2.05) is 27.2 Å². The smallest absolute Gasteiger partial charge is 0.268 e. The van der Waals surface area contributed by atoms with E-state index >= 15 is 0 Å². The van der Waals surface area contributed by atoms with Crippen molar-refractivity contribution in [2.24, 2.45) is 0 Å². The molecule has 0 aromatic carbocycles. The van der Waals surface area contributed by atoms with Gasteiger partial charge in [0.2, 0.25) is 5.91 Å². The molecule has 0 radical (unpaired) electrons. The predicted molar refractivity (Wildman–Crippen MR) is 252 cm³/mol. The summed E-state index contributed by atoms with van der Waals surface area (Å²) in [7, 11) is 1.25. The van der Waals surface area contributed by atoms with Crippen LogP contribution in [0.2, 0.25) is 0 Å². The number of nitrogens with zero attached hydrogens (tertiary/aromatic N) is 1. The SMILES string of the molecule is CCCCCCCCCCCC/C=C/CC/C=C/[C@@H](O)[C@H](COP(=O)([O-])OCC[N+](C)(C)C)NC(=O)CCCCCCCCCCCCCCCCCCCCCCC. The molecule has 0 saturated carbocycles. The Kier molecular flexibility index (Phi) is 41.6. The minimum atomic E-state index is -4.59. The topological polar surface area (TPSA) is 108 Å². The Balaban J connectivity index is 4.31. The van der Waals surface area contributed by atoms with E-state index in [0.29, 0.717) is 17.4 Å². The highest BCUT2D eigenvalue weighted by molar-refractivity contribution is 7.45. The van der Waals surface area contributed by atoms with Crippen LogP contribution in [0.15, 0.2) is 24.3 Å². The van der Waals surface area contributed by atoms with E-state index in [-0.39, 0.29) is 19.1 Å². The molecule has 1 unspecified atom stereocenters. The third-order valence-corrected chi connectivity index (χ3v) is 12.4. The molecule has 59 heavy (non-hydrogen) atoms. The molecule has 8 nitrogen and oxygen atoms in total. The van der Waals surface area contributed by atoms with Crippen molar-refractivity contribution in [3.05, 3.63) is 24.3 Å². The van der Waals surface area contributed by atoms with Gasteiger partial charge in [-0.05, 0) is 32.1 Å². The Labute approximate surface area is 366 Å². The van der Waals surface area contributed by atoms with Gasteiger partial charge in [0.1, 0.15) is 13.2 Å². The molecule has 0 rings (SSSR count). The fourth-order valence-electron chi connectivity index (χ4n) is 7.41. The first kappa shape index (κ1) is 58.0. The number of hydrogen-bond acceptors (Lipinski definition) is 6. The van der Waals surface area contributed by atoms with Gasteiger partial charge < -0.3 is 28.8 Å². The molecule has 0 aromatic heterocycles. The maximum Gasteiger partial charge on any atom is 0.268 e. The van der Waals surface area contributed by atoms with Crippen molar-refractivity contribution in [3.63, 3.8) is 0 Å². The molecule has 0 aromatic rings. The van der Waals surface area contributed by atoms with Crippen molar-refractivity contribution in [1.29, 1.82) is 0 Å². The number of likely N-dealkylation sites (N-methyl/N-ethyl adjacent to an activating group) is 1. The van der Waals surface area contributed by atoms with Crippen molar-refractivity contribution >= 4 is 13.7 Å². The van der Waals surface area contributed by atoms with E-state index in [9.17, 15) is 19.4 Å². The number of aliphatic hydroxyl groups excluding tert-OH is 1. The average Bonchev–Trinajstić information content (AvgIpc) is 3.19. The molecule has 0 fully saturated rings. The average molecular weight is 855 g/mol. The van der Waals surface area contributed by atoms with Gasteiger partial charge in [0.25, 0.3) is 7.82 Å². The fourth-order valence-corrected chi connectivity index (χ4v) is 8.13. The lowest BCUT2D eigenvalue weighted by Gasteiger charge is -2.29. The van der Waals surface area contributed by atoms with Crippen LogP contribution in [-0.4, -0.2) is 68.5 Å². The lowest BCUT2D eigenvalue weighted by Crippen LogP contribution is -2.45. The van der Waals surface area contributed by atoms with E-state index in [1.165, 1.54) is 180 Å². The Morgan fingerprint density at radius 1 is 0.576 bits per heavy atom. The van der Waals surface area contributed by atoms with Crippen LogP contribution in [0.25, 0.3) is 0 Å². The van der Waals surface area contributed by atoms with Crippen molar-refractivity contribution in [2.45, 2.75) is 251 Å². The maximum atomic E-state index is 12.9. The van der Waals surface area contributed by atoms with Crippen LogP contribution < -0.4 is 10.2 Å². The van der Waals surface area contributed by atoms with Crippen molar-refractivity contribution in [2.75, 3.05) is 40.9 Å². The minimum absolute atomic E-state index is 0.00402. The van der Waals surface area contributed by atoms with Gasteiger partial charge in [-0.1, -0.05) is 224 Å². The van der Waals surface area contributed by atoms with Crippen LogP contribution in [0.3, 0.4) is 0 Å². The summed E-state index contributed by atoms with van der Waals surface area (Å²) in [4.78, 5) is 25.4. The molecule has 0 aliphatic rings. The lowest BCUT2D eigenvalue weighted by atomic mass is 10.0. The van der Waals surface area contributed by atoms with Crippen molar-refractivity contribution in [1.82, 2.24) is 5.32 Å². The molecule has 2 N–H and O–H groups in total. The second kappa shape index (κ2) is 42.3. The molecule has 9 heteroatoms. The normalized spacial score (nSPS) is 14.4. The second-order valence-corrected chi connectivity index (χ2v) is 19.9. The summed E-state index contributed by atoms with van der Waals surface area (Å²) in [6, 6.07) is -0.898. The summed E-state index contributed by atoms with van der Waals surface area (Å²) in [5, 5.41) is 13.8. The number of nitrogens with one attached hydrogen (secondary N) is 1. The second-order valence-electron chi connectivity index (χ2n) is 18.5. The third kappa shape index (κ3) is 44.8. The fraction of sp³-hybridized carbons (Fsp3) is 0.900. The van der Waals surface area contributed by atoms with Crippen LogP contribution in [0.4, 0.5) is 0 Å². The first-order valence-corrected chi connectivity index (χ1v) is 26.7. The molecule has 0 aliphatic carbocycles. The zero-order valence-electron chi connectivity index (χ0n) is 39.7. The number of unbranched alkanes of at least 4 members (excludes halogenated alkanes) is 31. The lowest BCUT2D eigenvalue weighted by molar-refractivity contribution is -0.870. The molecule has 0 saturated heterocycles. The highest BCUT2D eigenvalue weighted by atomic mass is 31.2. The number of carbonyl (C=O) groups is 1. The van der Waals surface area contributed by atoms with Crippen LogP contribution in [-0.2, 0) is 18.4 Å². The van der Waals surface area contributed by atoms with Crippen LogP contribution in [0.5, 0.6) is 0 Å². The van der Waals surface area contributed by atoms with Crippen LogP contribution in [0, 0.1) is 0 Å². The number of phosphoric acid groups is 1. The zero-order valence-corrected chi connectivity index (χ0v) is 40.6. The van der Waals surface area contributed by atoms with Crippen molar-refractivity contribution < 1.29 is 32.9 Å². The highest BCUT2D eigenvalue weighted by Crippen LogP contribution is 2.38. The third-order valence-electron chi connectivity index (χ3n) is 11.4. The Morgan fingerprint density at radius 3 is 1.37 bits per heavy atom. The number of hydrogen-bond donors (Lipinski definition) is 2. The molecule has 3 atom stereocenters. The number of amides is 1. The summed E-state index contributed by atoms with van der Waals surface area (Å²) in [5.41, 5.74) is 0. The predicted octanol–water partition coefficient (Wildman–Crippen LogP) is 13.8. The molecule has 1 amide bonds. The van der Waals surface area contributed by atoms with Gasteiger partial charge >= 0.3 is 0 Å². The molecule has 0 bridgehead atoms. The number of carbonyl (C=O) groups excluding carboxylic acids is 1. The number of phosphoric ester groups is 1. The van der Waals surface area contributed by atoms with E-state index < -0.39 is 20.0 Å². The molecule has 0 aliphatic heterocycles. The van der Waals surface area contributed by atoms with E-state index in [2.05, 4.69) is 31.3 Å². The Hall–Kier alpha value is -1.02. The summed E-state index contributed by atoms with van der Waals surface area (Å²) in [5.74, 6) is -0.203. The molecule has 0 heterocycles. The summed E-state index contributed by atoms with van der Waals surface area (Å²) >= 11 is 0. The zero-order chi connectivity index (χ0) is 43.6. The molecular formula is C50H99N2O6P. The number of allylic oxidation sites excluding steroid dienone is 3. The standard InChI is InChI=1S/C50H99N2O6P/c1-6-8-10-12-14-16-18-20-22-24-25-26-27-28-30-32-34-36-38-40-42-44-50(54)51-48(47-58-59(55,56)57-46-45-52(3,4)5)49(53)43-41-39-37-35-33-31-29-23-21-19-17-15-13-11-9-7-2/h33,35,41,43,48-49,53H,6-32,34,36-40,42,44-47H2,1-5H3,(H-,51,54,55,56)/b35-33+,43-41+/t48-,49+/m0/s1. The first-order valence-electron chi connectivity index (χ1n) is 25.2.